The minimum atomic E-state index is -4.12. The van der Waals surface area contributed by atoms with Crippen LogP contribution in [0.25, 0.3) is 0 Å². The van der Waals surface area contributed by atoms with Crippen molar-refractivity contribution >= 4 is 33.4 Å². The Kier molecular flexibility index (Phi) is 6.08. The van der Waals surface area contributed by atoms with E-state index in [0.29, 0.717) is 24.0 Å². The van der Waals surface area contributed by atoms with Gasteiger partial charge in [0.25, 0.3) is 11.8 Å². The number of rotatable bonds is 5. The highest BCUT2D eigenvalue weighted by Gasteiger charge is 2.34. The van der Waals surface area contributed by atoms with Crippen molar-refractivity contribution in [2.45, 2.75) is 25.4 Å². The van der Waals surface area contributed by atoms with Gasteiger partial charge in [-0.25, -0.2) is 4.72 Å². The highest BCUT2D eigenvalue weighted by Crippen LogP contribution is 2.19. The second-order valence-electron chi connectivity index (χ2n) is 6.23. The van der Waals surface area contributed by atoms with E-state index in [1.807, 2.05) is 6.07 Å². The third-order valence-corrected chi connectivity index (χ3v) is 6.52. The van der Waals surface area contributed by atoms with Gasteiger partial charge in [0.2, 0.25) is 0 Å². The summed E-state index contributed by atoms with van der Waals surface area (Å²) in [6.45, 7) is 0.199. The molecule has 0 spiro atoms. The number of hydrogen-bond acceptors (Lipinski definition) is 6. The first-order chi connectivity index (χ1) is 13.4. The van der Waals surface area contributed by atoms with E-state index >= 15 is 0 Å². The van der Waals surface area contributed by atoms with Crippen molar-refractivity contribution in [1.82, 2.24) is 14.3 Å². The lowest BCUT2D eigenvalue weighted by Gasteiger charge is -2.34. The zero-order valence-electron chi connectivity index (χ0n) is 14.8. The number of nitrogens with one attached hydrogen (secondary N) is 2. The minimum Gasteiger partial charge on any atom is -0.335 e. The Labute approximate surface area is 167 Å². The smallest absolute Gasteiger partial charge is 0.305 e. The minimum absolute atomic E-state index is 0.199. The molecule has 3 rings (SSSR count). The number of carbonyl (C=O) groups excluding carboxylic acids is 2. The molecule has 1 atom stereocenters. The van der Waals surface area contributed by atoms with Crippen molar-refractivity contribution in [3.8, 4) is 6.07 Å². The third-order valence-electron chi connectivity index (χ3n) is 4.34. The second-order valence-corrected chi connectivity index (χ2v) is 8.64. The number of thiophene rings is 1. The van der Waals surface area contributed by atoms with E-state index in [1.165, 1.54) is 41.7 Å². The Bertz CT molecular complexity index is 995. The van der Waals surface area contributed by atoms with Crippen LogP contribution in [0.4, 0.5) is 0 Å². The molecule has 1 saturated heterocycles. The zero-order chi connectivity index (χ0) is 20.1. The second kappa shape index (κ2) is 8.52. The van der Waals surface area contributed by atoms with Crippen molar-refractivity contribution < 1.29 is 18.0 Å². The maximum Gasteiger partial charge on any atom is 0.305 e. The van der Waals surface area contributed by atoms with Gasteiger partial charge in [-0.05, 0) is 55.0 Å². The Balaban J connectivity index is 1.73. The van der Waals surface area contributed by atoms with E-state index in [0.717, 1.165) is 10.7 Å². The maximum absolute atomic E-state index is 12.7. The third kappa shape index (κ3) is 4.56. The summed E-state index contributed by atoms with van der Waals surface area (Å²) in [4.78, 5) is 24.6. The van der Waals surface area contributed by atoms with Crippen molar-refractivity contribution in [2.24, 2.45) is 0 Å². The van der Waals surface area contributed by atoms with Crippen LogP contribution in [0, 0.1) is 11.3 Å². The normalized spacial score (nSPS) is 17.5. The van der Waals surface area contributed by atoms with E-state index in [2.05, 4.69) is 10.0 Å². The molecule has 8 nitrogen and oxygen atoms in total. The average molecular weight is 419 g/mol. The summed E-state index contributed by atoms with van der Waals surface area (Å²) in [6, 6.07) is 9.56. The Morgan fingerprint density at radius 1 is 1.11 bits per heavy atom. The lowest BCUT2D eigenvalue weighted by atomic mass is 10.1. The summed E-state index contributed by atoms with van der Waals surface area (Å²) >= 11 is 1.29. The van der Waals surface area contributed by atoms with Gasteiger partial charge in [-0.3, -0.25) is 9.59 Å². The van der Waals surface area contributed by atoms with Crippen LogP contribution in [-0.4, -0.2) is 37.2 Å². The number of benzene rings is 1. The van der Waals surface area contributed by atoms with Gasteiger partial charge >= 0.3 is 10.2 Å². The largest absolute Gasteiger partial charge is 0.335 e. The summed E-state index contributed by atoms with van der Waals surface area (Å²) in [5.74, 6) is -1.15. The molecule has 1 fully saturated rings. The SMILES string of the molecule is N#Cc1ccc(C(=O)NC2CCCCN2S(=O)(=O)NC(=O)c2ccsc2)cc1. The predicted molar refractivity (Wildman–Crippen MR) is 104 cm³/mol. The molecule has 1 aromatic heterocycles. The molecule has 0 aliphatic carbocycles. The summed E-state index contributed by atoms with van der Waals surface area (Å²) in [6.07, 6.45) is 1.07. The quantitative estimate of drug-likeness (QED) is 0.768. The number of nitrogens with zero attached hydrogens (tertiary/aromatic N) is 2. The van der Waals surface area contributed by atoms with Crippen LogP contribution in [0.2, 0.25) is 0 Å². The molecule has 0 bridgehead atoms. The first-order valence-corrected chi connectivity index (χ1v) is 11.0. The van der Waals surface area contributed by atoms with Crippen LogP contribution in [0.15, 0.2) is 41.1 Å². The molecule has 2 N–H and O–H groups in total. The van der Waals surface area contributed by atoms with Crippen LogP contribution >= 0.6 is 11.3 Å². The molecule has 0 radical (unpaired) electrons. The molecular formula is C18H18N4O4S2. The van der Waals surface area contributed by atoms with Crippen molar-refractivity contribution in [1.29, 1.82) is 5.26 Å². The van der Waals surface area contributed by atoms with E-state index < -0.39 is 28.2 Å². The number of nitriles is 1. The van der Waals surface area contributed by atoms with Gasteiger partial charge in [0.15, 0.2) is 0 Å². The average Bonchev–Trinajstić information content (AvgIpc) is 3.23. The van der Waals surface area contributed by atoms with Crippen molar-refractivity contribution in [2.75, 3.05) is 6.54 Å². The highest BCUT2D eigenvalue weighted by atomic mass is 32.2. The molecule has 2 heterocycles. The molecule has 1 unspecified atom stereocenters. The molecule has 2 amide bonds. The van der Waals surface area contributed by atoms with Crippen LogP contribution in [0.1, 0.15) is 45.5 Å². The van der Waals surface area contributed by atoms with Gasteiger partial charge < -0.3 is 5.32 Å². The van der Waals surface area contributed by atoms with Gasteiger partial charge in [-0.2, -0.15) is 29.3 Å². The fourth-order valence-corrected chi connectivity index (χ4v) is 4.86. The Morgan fingerprint density at radius 3 is 2.50 bits per heavy atom. The van der Waals surface area contributed by atoms with Crippen molar-refractivity contribution in [3.63, 3.8) is 0 Å². The molecule has 146 valence electrons. The molecule has 28 heavy (non-hydrogen) atoms. The number of piperidine rings is 1. The van der Waals surface area contributed by atoms with Gasteiger partial charge in [0, 0.05) is 17.5 Å². The first-order valence-electron chi connectivity index (χ1n) is 8.58. The fraction of sp³-hybridized carbons (Fsp3) is 0.278. The van der Waals surface area contributed by atoms with Crippen LogP contribution < -0.4 is 10.0 Å². The van der Waals surface area contributed by atoms with Gasteiger partial charge in [0.1, 0.15) is 0 Å². The van der Waals surface area contributed by atoms with Crippen molar-refractivity contribution in [3.05, 3.63) is 57.8 Å². The molecule has 1 aromatic carbocycles. The number of amides is 2. The standard InChI is InChI=1S/C18H18N4O4S2/c19-11-13-4-6-14(7-5-13)17(23)20-16-3-1-2-9-22(16)28(25,26)21-18(24)15-8-10-27-12-15/h4-8,10,12,16H,1-3,9H2,(H,20,23)(H,21,24). The predicted octanol–water partition coefficient (Wildman–Crippen LogP) is 1.84. The van der Waals surface area contributed by atoms with E-state index in [4.69, 9.17) is 5.26 Å². The Morgan fingerprint density at radius 2 is 1.86 bits per heavy atom. The van der Waals surface area contributed by atoms with E-state index in [1.54, 1.807) is 10.8 Å². The molecular weight excluding hydrogens is 400 g/mol. The lowest BCUT2D eigenvalue weighted by molar-refractivity contribution is 0.0882. The maximum atomic E-state index is 12.7. The number of carbonyl (C=O) groups is 2. The zero-order valence-corrected chi connectivity index (χ0v) is 16.4. The van der Waals surface area contributed by atoms with Crippen LogP contribution in [0.5, 0.6) is 0 Å². The first kappa shape index (κ1) is 20.0. The van der Waals surface area contributed by atoms with Gasteiger partial charge in [0.05, 0.1) is 23.4 Å². The monoisotopic (exact) mass is 418 g/mol. The van der Waals surface area contributed by atoms with Crippen LogP contribution in [-0.2, 0) is 10.2 Å². The van der Waals surface area contributed by atoms with Gasteiger partial charge in [-0.15, -0.1) is 0 Å². The molecule has 2 aromatic rings. The molecule has 10 heteroatoms. The summed E-state index contributed by atoms with van der Waals surface area (Å²) in [5, 5.41) is 14.8. The topological polar surface area (TPSA) is 119 Å². The summed E-state index contributed by atoms with van der Waals surface area (Å²) in [7, 11) is -4.12. The fourth-order valence-electron chi connectivity index (χ4n) is 2.90. The number of hydrogen-bond donors (Lipinski definition) is 2. The molecule has 1 aliphatic rings. The lowest BCUT2D eigenvalue weighted by Crippen LogP contribution is -2.56. The molecule has 1 aliphatic heterocycles. The summed E-state index contributed by atoms with van der Waals surface area (Å²) in [5.41, 5.74) is 1.02. The van der Waals surface area contributed by atoms with Gasteiger partial charge in [-0.1, -0.05) is 0 Å². The highest BCUT2D eigenvalue weighted by molar-refractivity contribution is 7.87. The van der Waals surface area contributed by atoms with Crippen LogP contribution in [0.3, 0.4) is 0 Å². The molecule has 0 saturated carbocycles. The van der Waals surface area contributed by atoms with E-state index in [9.17, 15) is 18.0 Å². The Hall–Kier alpha value is -2.74. The van der Waals surface area contributed by atoms with E-state index in [-0.39, 0.29) is 12.1 Å². The summed E-state index contributed by atoms with van der Waals surface area (Å²) < 4.78 is 28.6.